The van der Waals surface area contributed by atoms with Crippen molar-refractivity contribution in [1.29, 1.82) is 0 Å². The van der Waals surface area contributed by atoms with E-state index in [9.17, 15) is 9.90 Å². The fraction of sp³-hybridized carbons (Fsp3) is 0.263. The van der Waals surface area contributed by atoms with Crippen molar-refractivity contribution < 1.29 is 19.4 Å². The molecule has 4 rings (SSSR count). The lowest BCUT2D eigenvalue weighted by molar-refractivity contribution is 0.0542. The summed E-state index contributed by atoms with van der Waals surface area (Å²) >= 11 is 2.95. The Morgan fingerprint density at radius 2 is 2.04 bits per heavy atom. The van der Waals surface area contributed by atoms with Gasteiger partial charge in [0.2, 0.25) is 0 Å². The number of nitrogens with zero attached hydrogens (tertiary/aromatic N) is 2. The lowest BCUT2D eigenvalue weighted by Gasteiger charge is -2.33. The van der Waals surface area contributed by atoms with E-state index in [0.29, 0.717) is 28.5 Å². The number of benzene rings is 1. The van der Waals surface area contributed by atoms with Crippen LogP contribution in [0.2, 0.25) is 0 Å². The molecule has 0 fully saturated rings. The highest BCUT2D eigenvalue weighted by atomic mass is 32.1. The van der Waals surface area contributed by atoms with Crippen molar-refractivity contribution in [3.8, 4) is 21.4 Å². The van der Waals surface area contributed by atoms with Gasteiger partial charge in [0.15, 0.2) is 0 Å². The Morgan fingerprint density at radius 3 is 2.74 bits per heavy atom. The van der Waals surface area contributed by atoms with Gasteiger partial charge in [0.25, 0.3) is 5.91 Å². The molecule has 140 valence electrons. The molecule has 0 spiro atoms. The number of thiophene rings is 1. The molecule has 0 radical (unpaired) electrons. The number of thiazole rings is 1. The lowest BCUT2D eigenvalue weighted by atomic mass is 9.95. The topological polar surface area (TPSA) is 71.9 Å². The second-order valence-electron chi connectivity index (χ2n) is 6.07. The third-order valence-electron chi connectivity index (χ3n) is 4.53. The number of aliphatic hydroxyl groups is 1. The first-order valence-electron chi connectivity index (χ1n) is 8.33. The van der Waals surface area contributed by atoms with Crippen LogP contribution in [0.25, 0.3) is 9.88 Å². The Kier molecular flexibility index (Phi) is 4.86. The normalized spacial score (nSPS) is 16.1. The molecule has 6 nitrogen and oxygen atoms in total. The van der Waals surface area contributed by atoms with Crippen LogP contribution in [0.4, 0.5) is 0 Å². The molecule has 8 heteroatoms. The fourth-order valence-electron chi connectivity index (χ4n) is 3.27. The van der Waals surface area contributed by atoms with Crippen LogP contribution in [-0.2, 0) is 6.54 Å². The zero-order valence-electron chi connectivity index (χ0n) is 14.8. The van der Waals surface area contributed by atoms with E-state index < -0.39 is 6.10 Å². The molecule has 1 atom stereocenters. The molecule has 3 aromatic rings. The van der Waals surface area contributed by atoms with Crippen molar-refractivity contribution in [3.05, 3.63) is 51.8 Å². The van der Waals surface area contributed by atoms with Crippen molar-refractivity contribution in [2.45, 2.75) is 12.6 Å². The highest BCUT2D eigenvalue weighted by molar-refractivity contribution is 7.21. The molecule has 0 saturated heterocycles. The highest BCUT2D eigenvalue weighted by Crippen LogP contribution is 2.40. The highest BCUT2D eigenvalue weighted by Gasteiger charge is 2.33. The van der Waals surface area contributed by atoms with Crippen molar-refractivity contribution in [2.24, 2.45) is 0 Å². The number of amides is 1. The molecule has 0 aliphatic carbocycles. The molecule has 3 heterocycles. The Labute approximate surface area is 164 Å². The number of carbonyl (C=O) groups excluding carboxylic acids is 1. The number of hydrogen-bond acceptors (Lipinski definition) is 7. The van der Waals surface area contributed by atoms with E-state index in [0.717, 1.165) is 15.4 Å². The molecule has 1 aliphatic heterocycles. The number of methoxy groups -OCH3 is 2. The number of rotatable bonds is 4. The summed E-state index contributed by atoms with van der Waals surface area (Å²) in [5.41, 5.74) is 1.46. The average molecular weight is 402 g/mol. The predicted molar refractivity (Wildman–Crippen MR) is 105 cm³/mol. The number of ether oxygens (including phenoxy) is 2. The summed E-state index contributed by atoms with van der Waals surface area (Å²) in [6.07, 6.45) is 0.764. The molecule has 0 saturated carbocycles. The Hall–Kier alpha value is -2.42. The second-order valence-corrected chi connectivity index (χ2v) is 8.05. The van der Waals surface area contributed by atoms with Crippen molar-refractivity contribution >= 4 is 28.6 Å². The maximum absolute atomic E-state index is 13.0. The standard InChI is InChI=1S/C19H18N2O4S2/c1-24-13-5-6-14(25-2)17-11(13)9-21(10-12(17)22)19(23)16-8-20-18(27-16)15-4-3-7-26-15/h3-8,12,22H,9-10H2,1-2H3. The number of hydrogen-bond donors (Lipinski definition) is 1. The zero-order valence-corrected chi connectivity index (χ0v) is 16.5. The van der Waals surface area contributed by atoms with Gasteiger partial charge in [-0.05, 0) is 23.6 Å². The van der Waals surface area contributed by atoms with E-state index in [2.05, 4.69) is 4.98 Å². The smallest absolute Gasteiger partial charge is 0.265 e. The van der Waals surface area contributed by atoms with Crippen LogP contribution >= 0.6 is 22.7 Å². The quantitative estimate of drug-likeness (QED) is 0.722. The van der Waals surface area contributed by atoms with Crippen molar-refractivity contribution in [3.63, 3.8) is 0 Å². The van der Waals surface area contributed by atoms with Gasteiger partial charge in [-0.2, -0.15) is 0 Å². The number of β-amino-alcohol motifs (C(OH)–C–C–N with tert-alkyl or cyclic N) is 1. The zero-order chi connectivity index (χ0) is 19.0. The summed E-state index contributed by atoms with van der Waals surface area (Å²) in [5, 5.41) is 13.5. The van der Waals surface area contributed by atoms with Gasteiger partial charge in [0, 0.05) is 11.1 Å². The van der Waals surface area contributed by atoms with Crippen molar-refractivity contribution in [1.82, 2.24) is 9.88 Å². The van der Waals surface area contributed by atoms with Crippen LogP contribution in [-0.4, -0.2) is 41.7 Å². The van der Waals surface area contributed by atoms with E-state index in [1.54, 1.807) is 48.8 Å². The number of aliphatic hydroxyl groups excluding tert-OH is 1. The Bertz CT molecular complexity index is 968. The Balaban J connectivity index is 1.64. The summed E-state index contributed by atoms with van der Waals surface area (Å²) in [6, 6.07) is 7.51. The van der Waals surface area contributed by atoms with Gasteiger partial charge >= 0.3 is 0 Å². The second kappa shape index (κ2) is 7.30. The van der Waals surface area contributed by atoms with Crippen LogP contribution in [0.15, 0.2) is 35.8 Å². The lowest BCUT2D eigenvalue weighted by Crippen LogP contribution is -2.38. The van der Waals surface area contributed by atoms with Crippen LogP contribution in [0.1, 0.15) is 26.9 Å². The molecule has 1 aliphatic rings. The summed E-state index contributed by atoms with van der Waals surface area (Å²) in [6.45, 7) is 0.541. The van der Waals surface area contributed by atoms with Crippen molar-refractivity contribution in [2.75, 3.05) is 20.8 Å². The molecule has 2 aromatic heterocycles. The van der Waals surface area contributed by atoms with E-state index in [1.807, 2.05) is 17.5 Å². The van der Waals surface area contributed by atoms with Crippen LogP contribution < -0.4 is 9.47 Å². The predicted octanol–water partition coefficient (Wildman–Crippen LogP) is 3.58. The Morgan fingerprint density at radius 1 is 1.26 bits per heavy atom. The van der Waals surface area contributed by atoms with Gasteiger partial charge in [0.05, 0.1) is 38.4 Å². The van der Waals surface area contributed by atoms with Gasteiger partial charge in [0.1, 0.15) is 27.5 Å². The first-order valence-corrected chi connectivity index (χ1v) is 10.0. The molecule has 1 N–H and O–H groups in total. The summed E-state index contributed by atoms with van der Waals surface area (Å²) < 4.78 is 10.8. The van der Waals surface area contributed by atoms with Crippen LogP contribution in [0, 0.1) is 0 Å². The number of carbonyl (C=O) groups is 1. The van der Waals surface area contributed by atoms with Gasteiger partial charge in [-0.1, -0.05) is 6.07 Å². The minimum absolute atomic E-state index is 0.148. The molecule has 0 bridgehead atoms. The van der Waals surface area contributed by atoms with Crippen LogP contribution in [0.5, 0.6) is 11.5 Å². The molecule has 27 heavy (non-hydrogen) atoms. The van der Waals surface area contributed by atoms with E-state index in [1.165, 1.54) is 11.3 Å². The average Bonchev–Trinajstić information content (AvgIpc) is 3.37. The SMILES string of the molecule is COc1ccc(OC)c2c1CN(C(=O)c1cnc(-c3cccs3)s1)CC2O. The third-order valence-corrected chi connectivity index (χ3v) is 6.55. The minimum atomic E-state index is -0.840. The molecular weight excluding hydrogens is 384 g/mol. The maximum atomic E-state index is 13.0. The van der Waals surface area contributed by atoms with E-state index in [4.69, 9.17) is 9.47 Å². The van der Waals surface area contributed by atoms with Gasteiger partial charge in [-0.3, -0.25) is 4.79 Å². The van der Waals surface area contributed by atoms with Gasteiger partial charge in [-0.25, -0.2) is 4.98 Å². The number of fused-ring (bicyclic) bond motifs is 1. The molecular formula is C19H18N2O4S2. The maximum Gasteiger partial charge on any atom is 0.265 e. The van der Waals surface area contributed by atoms with E-state index >= 15 is 0 Å². The first kappa shape index (κ1) is 18.0. The van der Waals surface area contributed by atoms with Crippen LogP contribution in [0.3, 0.4) is 0 Å². The number of aromatic nitrogens is 1. The summed E-state index contributed by atoms with van der Waals surface area (Å²) in [5.74, 6) is 1.08. The van der Waals surface area contributed by atoms with E-state index in [-0.39, 0.29) is 12.5 Å². The molecule has 1 unspecified atom stereocenters. The van der Waals surface area contributed by atoms with Gasteiger partial charge < -0.3 is 19.5 Å². The fourth-order valence-corrected chi connectivity index (χ4v) is 4.96. The largest absolute Gasteiger partial charge is 0.496 e. The third kappa shape index (κ3) is 3.20. The minimum Gasteiger partial charge on any atom is -0.496 e. The summed E-state index contributed by atoms with van der Waals surface area (Å²) in [7, 11) is 3.14. The van der Waals surface area contributed by atoms with Gasteiger partial charge in [-0.15, -0.1) is 22.7 Å². The monoisotopic (exact) mass is 402 g/mol. The first-order chi connectivity index (χ1) is 13.1. The molecule has 1 aromatic carbocycles. The summed E-state index contributed by atoms with van der Waals surface area (Å²) in [4.78, 5) is 20.6. The molecule has 1 amide bonds.